The SMILES string of the molecule is C=C(C)COC(CCc1ccccc1)C(=C)[Si](C)(C)C. The summed E-state index contributed by atoms with van der Waals surface area (Å²) in [4.78, 5) is 0. The summed E-state index contributed by atoms with van der Waals surface area (Å²) >= 11 is 0. The van der Waals surface area contributed by atoms with Crippen LogP contribution in [0.3, 0.4) is 0 Å². The van der Waals surface area contributed by atoms with E-state index < -0.39 is 8.07 Å². The zero-order chi connectivity index (χ0) is 15.2. The van der Waals surface area contributed by atoms with Crippen molar-refractivity contribution in [2.24, 2.45) is 0 Å². The van der Waals surface area contributed by atoms with E-state index in [1.807, 2.05) is 6.92 Å². The molecule has 1 rings (SSSR count). The lowest BCUT2D eigenvalue weighted by Crippen LogP contribution is -2.33. The molecule has 0 saturated heterocycles. The molecule has 110 valence electrons. The minimum absolute atomic E-state index is 0.151. The zero-order valence-corrected chi connectivity index (χ0v) is 14.4. The van der Waals surface area contributed by atoms with Crippen molar-refractivity contribution in [3.8, 4) is 0 Å². The van der Waals surface area contributed by atoms with Crippen LogP contribution in [0.1, 0.15) is 18.9 Å². The number of hydrogen-bond donors (Lipinski definition) is 0. The normalized spacial score (nSPS) is 13.0. The molecule has 0 heterocycles. The molecule has 0 radical (unpaired) electrons. The molecule has 0 fully saturated rings. The van der Waals surface area contributed by atoms with Gasteiger partial charge in [-0.3, -0.25) is 0 Å². The summed E-state index contributed by atoms with van der Waals surface area (Å²) < 4.78 is 6.05. The van der Waals surface area contributed by atoms with Crippen LogP contribution in [0.4, 0.5) is 0 Å². The Bertz CT molecular complexity index is 442. The number of hydrogen-bond acceptors (Lipinski definition) is 1. The average molecular weight is 289 g/mol. The summed E-state index contributed by atoms with van der Waals surface area (Å²) in [5.41, 5.74) is 2.43. The topological polar surface area (TPSA) is 9.23 Å². The molecule has 0 N–H and O–H groups in total. The summed E-state index contributed by atoms with van der Waals surface area (Å²) in [7, 11) is -1.38. The van der Waals surface area contributed by atoms with Gasteiger partial charge in [-0.05, 0) is 25.3 Å². The van der Waals surface area contributed by atoms with Crippen molar-refractivity contribution < 1.29 is 4.74 Å². The summed E-state index contributed by atoms with van der Waals surface area (Å²) in [6, 6.07) is 10.6. The van der Waals surface area contributed by atoms with Gasteiger partial charge in [-0.1, -0.05) is 67.3 Å². The maximum absolute atomic E-state index is 6.05. The van der Waals surface area contributed by atoms with Crippen LogP contribution >= 0.6 is 0 Å². The molecular weight excluding hydrogens is 260 g/mol. The fourth-order valence-corrected chi connectivity index (χ4v) is 3.22. The maximum atomic E-state index is 6.05. The Morgan fingerprint density at radius 3 is 2.25 bits per heavy atom. The number of ether oxygens (including phenoxy) is 1. The second-order valence-corrected chi connectivity index (χ2v) is 11.7. The van der Waals surface area contributed by atoms with Crippen LogP contribution in [-0.2, 0) is 11.2 Å². The van der Waals surface area contributed by atoms with Crippen LogP contribution in [0.5, 0.6) is 0 Å². The summed E-state index contributed by atoms with van der Waals surface area (Å²) in [5, 5.41) is 1.30. The van der Waals surface area contributed by atoms with E-state index in [2.05, 4.69) is 63.1 Å². The largest absolute Gasteiger partial charge is 0.370 e. The maximum Gasteiger partial charge on any atom is 0.0755 e. The molecule has 0 aromatic heterocycles. The van der Waals surface area contributed by atoms with Gasteiger partial charge in [0, 0.05) is 0 Å². The molecule has 0 bridgehead atoms. The molecule has 2 heteroatoms. The average Bonchev–Trinajstić information content (AvgIpc) is 2.38. The Labute approximate surface area is 125 Å². The lowest BCUT2D eigenvalue weighted by atomic mass is 10.1. The van der Waals surface area contributed by atoms with E-state index in [9.17, 15) is 0 Å². The van der Waals surface area contributed by atoms with E-state index in [-0.39, 0.29) is 6.10 Å². The number of rotatable bonds is 8. The van der Waals surface area contributed by atoms with Crippen molar-refractivity contribution >= 4 is 8.07 Å². The molecule has 20 heavy (non-hydrogen) atoms. The second kappa shape index (κ2) is 7.60. The van der Waals surface area contributed by atoms with E-state index in [1.165, 1.54) is 10.8 Å². The fourth-order valence-electron chi connectivity index (χ4n) is 2.03. The summed E-state index contributed by atoms with van der Waals surface area (Å²) in [6.07, 6.45) is 2.18. The highest BCUT2D eigenvalue weighted by atomic mass is 28.3. The van der Waals surface area contributed by atoms with Crippen LogP contribution in [0.25, 0.3) is 0 Å². The minimum atomic E-state index is -1.38. The van der Waals surface area contributed by atoms with Crippen LogP contribution in [0, 0.1) is 0 Å². The highest BCUT2D eigenvalue weighted by Gasteiger charge is 2.25. The van der Waals surface area contributed by atoms with Crippen molar-refractivity contribution in [3.05, 3.63) is 59.8 Å². The van der Waals surface area contributed by atoms with Gasteiger partial charge in [0.1, 0.15) is 0 Å². The van der Waals surface area contributed by atoms with E-state index in [0.717, 1.165) is 18.4 Å². The lowest BCUT2D eigenvalue weighted by Gasteiger charge is -2.28. The van der Waals surface area contributed by atoms with Crippen molar-refractivity contribution in [2.45, 2.75) is 45.5 Å². The van der Waals surface area contributed by atoms with Gasteiger partial charge in [-0.15, -0.1) is 6.58 Å². The Morgan fingerprint density at radius 2 is 1.75 bits per heavy atom. The lowest BCUT2D eigenvalue weighted by molar-refractivity contribution is 0.0942. The molecule has 1 atom stereocenters. The van der Waals surface area contributed by atoms with E-state index in [1.54, 1.807) is 0 Å². The first-order chi connectivity index (χ1) is 9.30. The summed E-state index contributed by atoms with van der Waals surface area (Å²) in [5.74, 6) is 0. The van der Waals surface area contributed by atoms with Crippen LogP contribution in [-0.4, -0.2) is 20.8 Å². The van der Waals surface area contributed by atoms with Gasteiger partial charge in [-0.25, -0.2) is 0 Å². The third-order valence-electron chi connectivity index (χ3n) is 3.42. The predicted octanol–water partition coefficient (Wildman–Crippen LogP) is 5.01. The molecule has 0 spiro atoms. The monoisotopic (exact) mass is 288 g/mol. The first-order valence-corrected chi connectivity index (χ1v) is 10.8. The zero-order valence-electron chi connectivity index (χ0n) is 13.4. The van der Waals surface area contributed by atoms with Crippen molar-refractivity contribution in [1.29, 1.82) is 0 Å². The van der Waals surface area contributed by atoms with Gasteiger partial charge < -0.3 is 4.74 Å². The Kier molecular flexibility index (Phi) is 6.44. The molecule has 0 saturated carbocycles. The smallest absolute Gasteiger partial charge is 0.0755 e. The highest BCUT2D eigenvalue weighted by Crippen LogP contribution is 2.23. The Morgan fingerprint density at radius 1 is 1.15 bits per heavy atom. The first kappa shape index (κ1) is 16.9. The van der Waals surface area contributed by atoms with E-state index in [4.69, 9.17) is 4.74 Å². The van der Waals surface area contributed by atoms with Gasteiger partial charge >= 0.3 is 0 Å². The molecule has 0 aliphatic carbocycles. The number of benzene rings is 1. The fraction of sp³-hybridized carbons (Fsp3) is 0.444. The quantitative estimate of drug-likeness (QED) is 0.482. The Hall–Kier alpha value is -1.12. The van der Waals surface area contributed by atoms with Gasteiger partial charge in [0.25, 0.3) is 0 Å². The van der Waals surface area contributed by atoms with E-state index in [0.29, 0.717) is 6.61 Å². The molecule has 1 unspecified atom stereocenters. The van der Waals surface area contributed by atoms with Gasteiger partial charge in [0.2, 0.25) is 0 Å². The third kappa shape index (κ3) is 5.89. The van der Waals surface area contributed by atoms with Crippen molar-refractivity contribution in [3.63, 3.8) is 0 Å². The minimum Gasteiger partial charge on any atom is -0.370 e. The molecular formula is C18H28OSi. The molecule has 1 aromatic carbocycles. The van der Waals surface area contributed by atoms with Crippen molar-refractivity contribution in [1.82, 2.24) is 0 Å². The van der Waals surface area contributed by atoms with Crippen LogP contribution < -0.4 is 0 Å². The highest BCUT2D eigenvalue weighted by molar-refractivity contribution is 6.83. The van der Waals surface area contributed by atoms with Crippen LogP contribution in [0.2, 0.25) is 19.6 Å². The molecule has 0 aliphatic heterocycles. The standard InChI is InChI=1S/C18H28OSi/c1-15(2)14-19-18(16(3)20(4,5)6)13-12-17-10-8-7-9-11-17/h7-11,18H,1,3,12-14H2,2,4-6H3. The molecule has 1 nitrogen and oxygen atoms in total. The predicted molar refractivity (Wildman–Crippen MR) is 91.8 cm³/mol. The van der Waals surface area contributed by atoms with Gasteiger partial charge in [0.05, 0.1) is 20.8 Å². The van der Waals surface area contributed by atoms with Gasteiger partial charge in [-0.2, -0.15) is 0 Å². The summed E-state index contributed by atoms with van der Waals surface area (Å²) in [6.45, 7) is 17.9. The van der Waals surface area contributed by atoms with E-state index >= 15 is 0 Å². The third-order valence-corrected chi connectivity index (χ3v) is 5.67. The second-order valence-electron chi connectivity index (χ2n) is 6.56. The number of aryl methyl sites for hydroxylation is 1. The Balaban J connectivity index is 2.67. The van der Waals surface area contributed by atoms with Crippen molar-refractivity contribution in [2.75, 3.05) is 6.61 Å². The van der Waals surface area contributed by atoms with Gasteiger partial charge in [0.15, 0.2) is 0 Å². The first-order valence-electron chi connectivity index (χ1n) is 7.30. The molecule has 0 aliphatic rings. The molecule has 1 aromatic rings. The van der Waals surface area contributed by atoms with Crippen LogP contribution in [0.15, 0.2) is 54.3 Å². The molecule has 0 amide bonds.